The molecule has 0 aliphatic rings. The normalized spacial score (nSPS) is 10.5. The fraction of sp³-hybridized carbons (Fsp3) is 0.667. The molecule has 0 saturated carbocycles. The Bertz CT molecular complexity index is 439. The molecule has 0 unspecified atom stereocenters. The summed E-state index contributed by atoms with van der Waals surface area (Å²) in [5, 5.41) is 2.82. The minimum Gasteiger partial charge on any atom is -0.479 e. The van der Waals surface area contributed by atoms with Gasteiger partial charge < -0.3 is 15.0 Å². The van der Waals surface area contributed by atoms with Gasteiger partial charge in [0.1, 0.15) is 0 Å². The van der Waals surface area contributed by atoms with Gasteiger partial charge in [0.2, 0.25) is 16.2 Å². The molecule has 0 atom stereocenters. The number of hydrogen-bond acceptors (Lipinski definition) is 5. The fourth-order valence-corrected chi connectivity index (χ4v) is 2.41. The van der Waals surface area contributed by atoms with Crippen molar-refractivity contribution in [3.63, 3.8) is 0 Å². The Balaban J connectivity index is 4.55. The third-order valence-electron chi connectivity index (χ3n) is 2.30. The molecule has 0 aromatic rings. The summed E-state index contributed by atoms with van der Waals surface area (Å²) in [6.45, 7) is 8.27. The first-order valence-electron chi connectivity index (χ1n) is 7.01. The molecule has 0 bridgehead atoms. The second-order valence-electron chi connectivity index (χ2n) is 5.54. The lowest BCUT2D eigenvalue weighted by Gasteiger charge is -2.25. The van der Waals surface area contributed by atoms with Crippen LogP contribution in [-0.4, -0.2) is 52.1 Å². The number of ether oxygens (including phenoxy) is 1. The van der Waals surface area contributed by atoms with Crippen LogP contribution >= 0.6 is 24.0 Å². The molecule has 22 heavy (non-hydrogen) atoms. The van der Waals surface area contributed by atoms with Crippen molar-refractivity contribution >= 4 is 40.2 Å². The topological polar surface area (TPSA) is 58.6 Å². The summed E-state index contributed by atoms with van der Waals surface area (Å²) in [6.07, 6.45) is 5.63. The van der Waals surface area contributed by atoms with Crippen molar-refractivity contribution in [1.29, 1.82) is 0 Å². The molecule has 0 heterocycles. The van der Waals surface area contributed by atoms with Crippen molar-refractivity contribution in [2.24, 2.45) is 0 Å². The molecule has 0 aromatic heterocycles. The van der Waals surface area contributed by atoms with E-state index in [-0.39, 0.29) is 29.7 Å². The van der Waals surface area contributed by atoms with E-state index in [4.69, 9.17) is 23.4 Å². The van der Waals surface area contributed by atoms with Crippen LogP contribution in [0.15, 0.2) is 0 Å². The summed E-state index contributed by atoms with van der Waals surface area (Å²) < 4.78 is 5.44. The zero-order valence-corrected chi connectivity index (χ0v) is 15.2. The third-order valence-corrected chi connectivity index (χ3v) is 3.52. The maximum atomic E-state index is 12.2. The monoisotopic (exact) mass is 344 g/mol. The fourth-order valence-electron chi connectivity index (χ4n) is 1.49. The van der Waals surface area contributed by atoms with Gasteiger partial charge in [0.15, 0.2) is 0 Å². The van der Waals surface area contributed by atoms with Gasteiger partial charge >= 0.3 is 0 Å². The van der Waals surface area contributed by atoms with Gasteiger partial charge in [-0.2, -0.15) is 0 Å². The highest BCUT2D eigenvalue weighted by Gasteiger charge is 2.20. The molecule has 0 aliphatic heterocycles. The van der Waals surface area contributed by atoms with E-state index < -0.39 is 0 Å². The molecule has 0 aliphatic carbocycles. The number of carbonyl (C=O) groups is 2. The zero-order chi connectivity index (χ0) is 17.2. The van der Waals surface area contributed by atoms with Crippen molar-refractivity contribution in [3.8, 4) is 12.3 Å². The van der Waals surface area contributed by atoms with Crippen molar-refractivity contribution < 1.29 is 14.3 Å². The lowest BCUT2D eigenvalue weighted by molar-refractivity contribution is -0.134. The summed E-state index contributed by atoms with van der Waals surface area (Å²) in [5.74, 6) is 2.21. The maximum absolute atomic E-state index is 12.2. The molecular formula is C15H24N2O3S2. The lowest BCUT2D eigenvalue weighted by Crippen LogP contribution is -2.48. The Morgan fingerprint density at radius 2 is 2.05 bits per heavy atom. The maximum Gasteiger partial charge on any atom is 0.240 e. The molecule has 7 heteroatoms. The van der Waals surface area contributed by atoms with Crippen LogP contribution < -0.4 is 5.32 Å². The van der Waals surface area contributed by atoms with E-state index in [1.165, 1.54) is 4.90 Å². The predicted octanol–water partition coefficient (Wildman–Crippen LogP) is 1.81. The molecule has 0 fully saturated rings. The molecule has 0 saturated heterocycles. The number of rotatable bonds is 7. The van der Waals surface area contributed by atoms with Crippen LogP contribution in [0.25, 0.3) is 0 Å². The van der Waals surface area contributed by atoms with Crippen molar-refractivity contribution in [1.82, 2.24) is 10.2 Å². The lowest BCUT2D eigenvalue weighted by atomic mass is 10.1. The Morgan fingerprint density at radius 3 is 2.55 bits per heavy atom. The van der Waals surface area contributed by atoms with E-state index in [9.17, 15) is 9.59 Å². The van der Waals surface area contributed by atoms with Gasteiger partial charge in [0.05, 0.1) is 18.9 Å². The number of amides is 2. The second kappa shape index (κ2) is 10.5. The molecular weight excluding hydrogens is 320 g/mol. The van der Waals surface area contributed by atoms with E-state index in [2.05, 4.69) is 11.2 Å². The van der Waals surface area contributed by atoms with Gasteiger partial charge in [0.25, 0.3) is 0 Å². The Kier molecular flexibility index (Phi) is 9.86. The summed E-state index contributed by atoms with van der Waals surface area (Å²) in [5.41, 5.74) is -0.344. The van der Waals surface area contributed by atoms with Gasteiger partial charge in [0, 0.05) is 18.5 Å². The zero-order valence-electron chi connectivity index (χ0n) is 13.6. The summed E-state index contributed by atoms with van der Waals surface area (Å²) in [4.78, 5) is 25.6. The molecule has 1 N–H and O–H groups in total. The minimum absolute atomic E-state index is 0.0141. The summed E-state index contributed by atoms with van der Waals surface area (Å²) >= 11 is 6.11. The number of nitrogens with zero attached hydrogens (tertiary/aromatic N) is 1. The number of thiocarbonyl (C=S) groups is 1. The van der Waals surface area contributed by atoms with Gasteiger partial charge in [-0.05, 0) is 39.9 Å². The van der Waals surface area contributed by atoms with E-state index in [1.54, 1.807) is 0 Å². The average Bonchev–Trinajstić information content (AvgIpc) is 2.39. The van der Waals surface area contributed by atoms with Gasteiger partial charge in [-0.3, -0.25) is 9.59 Å². The first-order chi connectivity index (χ1) is 10.2. The molecule has 0 aromatic carbocycles. The Morgan fingerprint density at radius 1 is 1.41 bits per heavy atom. The van der Waals surface area contributed by atoms with Crippen LogP contribution in [0.5, 0.6) is 0 Å². The van der Waals surface area contributed by atoms with Crippen molar-refractivity contribution in [3.05, 3.63) is 0 Å². The standard InChI is InChI=1S/C15H24N2O3S2/c1-6-8-9-17(10-12(18)16-15(3,4)5)13(19)11-22-14(21)20-7-2/h1H,7-11H2,2-5H3,(H,16,18). The molecule has 5 nitrogen and oxygen atoms in total. The Labute approximate surface area is 142 Å². The quantitative estimate of drug-likeness (QED) is 0.564. The van der Waals surface area contributed by atoms with Crippen LogP contribution in [0.4, 0.5) is 0 Å². The second-order valence-corrected chi connectivity index (χ2v) is 7.12. The summed E-state index contributed by atoms with van der Waals surface area (Å²) in [6, 6.07) is 0. The molecule has 0 spiro atoms. The number of terminal acetylenes is 1. The van der Waals surface area contributed by atoms with E-state index >= 15 is 0 Å². The van der Waals surface area contributed by atoms with E-state index in [1.807, 2.05) is 27.7 Å². The van der Waals surface area contributed by atoms with Gasteiger partial charge in [-0.15, -0.1) is 12.3 Å². The highest BCUT2D eigenvalue weighted by Crippen LogP contribution is 2.08. The minimum atomic E-state index is -0.344. The first-order valence-corrected chi connectivity index (χ1v) is 8.40. The number of nitrogens with one attached hydrogen (secondary N) is 1. The predicted molar refractivity (Wildman–Crippen MR) is 94.6 cm³/mol. The van der Waals surface area contributed by atoms with Crippen molar-refractivity contribution in [2.75, 3.05) is 25.4 Å². The van der Waals surface area contributed by atoms with Gasteiger partial charge in [-0.1, -0.05) is 11.8 Å². The van der Waals surface area contributed by atoms with Crippen LogP contribution in [0, 0.1) is 12.3 Å². The average molecular weight is 345 g/mol. The van der Waals surface area contributed by atoms with Gasteiger partial charge in [-0.25, -0.2) is 0 Å². The van der Waals surface area contributed by atoms with Crippen LogP contribution in [-0.2, 0) is 14.3 Å². The molecule has 0 rings (SSSR count). The van der Waals surface area contributed by atoms with Crippen LogP contribution in [0.2, 0.25) is 0 Å². The van der Waals surface area contributed by atoms with Crippen molar-refractivity contribution in [2.45, 2.75) is 39.7 Å². The number of thioether (sulfide) groups is 1. The Hall–Kier alpha value is -1.26. The highest BCUT2D eigenvalue weighted by molar-refractivity contribution is 8.23. The molecule has 124 valence electrons. The number of hydrogen-bond donors (Lipinski definition) is 1. The largest absolute Gasteiger partial charge is 0.479 e. The van der Waals surface area contributed by atoms with Crippen LogP contribution in [0.3, 0.4) is 0 Å². The van der Waals surface area contributed by atoms with E-state index in [0.29, 0.717) is 24.0 Å². The van der Waals surface area contributed by atoms with Crippen LogP contribution in [0.1, 0.15) is 34.1 Å². The number of carbonyl (C=O) groups excluding carboxylic acids is 2. The molecule has 0 radical (unpaired) electrons. The highest BCUT2D eigenvalue weighted by atomic mass is 32.2. The smallest absolute Gasteiger partial charge is 0.240 e. The summed E-state index contributed by atoms with van der Waals surface area (Å²) in [7, 11) is 0. The van der Waals surface area contributed by atoms with E-state index in [0.717, 1.165) is 11.8 Å². The third kappa shape index (κ3) is 10.5. The first kappa shape index (κ1) is 20.7. The SMILES string of the molecule is C#CCCN(CC(=O)NC(C)(C)C)C(=O)CSC(=S)OCC. The molecule has 2 amide bonds.